The lowest BCUT2D eigenvalue weighted by atomic mass is 9.84. The lowest BCUT2D eigenvalue weighted by molar-refractivity contribution is 0.0979. The molecule has 0 heterocycles. The second kappa shape index (κ2) is 6.03. The molecule has 0 aromatic heterocycles. The number of carbonyl (C=O) groups is 2. The average molecular weight is 306 g/mol. The normalized spacial score (nSPS) is 13.7. The molecule has 114 valence electrons. The number of nitriles is 1. The second-order valence-corrected chi connectivity index (χ2v) is 5.36. The van der Waals surface area contributed by atoms with E-state index < -0.39 is 6.10 Å². The van der Waals surface area contributed by atoms with Crippen molar-refractivity contribution in [1.82, 2.24) is 0 Å². The largest absolute Gasteiger partial charge is 0.390 e. The van der Waals surface area contributed by atoms with Crippen LogP contribution in [0.15, 0.2) is 42.5 Å². The fourth-order valence-corrected chi connectivity index (χ4v) is 2.62. The van der Waals surface area contributed by atoms with Crippen LogP contribution in [0.25, 0.3) is 0 Å². The summed E-state index contributed by atoms with van der Waals surface area (Å²) < 4.78 is 0. The van der Waals surface area contributed by atoms with E-state index in [9.17, 15) is 14.7 Å². The molecule has 0 fully saturated rings. The fraction of sp³-hybridized carbons (Fsp3) is 0.167. The number of hydrogen-bond donors (Lipinski definition) is 2. The van der Waals surface area contributed by atoms with Crippen LogP contribution < -0.4 is 5.32 Å². The van der Waals surface area contributed by atoms with E-state index in [1.54, 1.807) is 42.5 Å². The highest BCUT2D eigenvalue weighted by molar-refractivity contribution is 6.28. The Morgan fingerprint density at radius 1 is 1.00 bits per heavy atom. The smallest absolute Gasteiger partial charge is 0.194 e. The van der Waals surface area contributed by atoms with E-state index >= 15 is 0 Å². The number of rotatable bonds is 4. The molecule has 1 aliphatic rings. The number of benzene rings is 2. The molecule has 2 aromatic carbocycles. The molecule has 2 N–H and O–H groups in total. The van der Waals surface area contributed by atoms with Crippen molar-refractivity contribution < 1.29 is 14.7 Å². The Morgan fingerprint density at radius 2 is 1.61 bits per heavy atom. The summed E-state index contributed by atoms with van der Waals surface area (Å²) in [5.41, 5.74) is 2.20. The van der Waals surface area contributed by atoms with Crippen LogP contribution in [0.2, 0.25) is 0 Å². The van der Waals surface area contributed by atoms with Gasteiger partial charge in [0, 0.05) is 34.5 Å². The quantitative estimate of drug-likeness (QED) is 0.771. The van der Waals surface area contributed by atoms with Gasteiger partial charge in [0.25, 0.3) is 0 Å². The van der Waals surface area contributed by atoms with Crippen molar-refractivity contribution in [2.45, 2.75) is 12.5 Å². The molecule has 0 aliphatic heterocycles. The molecule has 0 amide bonds. The van der Waals surface area contributed by atoms with Gasteiger partial charge in [-0.05, 0) is 18.2 Å². The Kier molecular flexibility index (Phi) is 3.92. The molecular formula is C18H14N2O3. The van der Waals surface area contributed by atoms with E-state index in [0.29, 0.717) is 27.9 Å². The van der Waals surface area contributed by atoms with Crippen LogP contribution in [-0.2, 0) is 0 Å². The summed E-state index contributed by atoms with van der Waals surface area (Å²) in [5.74, 6) is -0.345. The van der Waals surface area contributed by atoms with Crippen molar-refractivity contribution in [2.75, 3.05) is 11.9 Å². The molecule has 1 unspecified atom stereocenters. The Balaban J connectivity index is 1.90. The summed E-state index contributed by atoms with van der Waals surface area (Å²) >= 11 is 0. The predicted molar refractivity (Wildman–Crippen MR) is 84.5 cm³/mol. The van der Waals surface area contributed by atoms with Crippen molar-refractivity contribution in [2.24, 2.45) is 0 Å². The summed E-state index contributed by atoms with van der Waals surface area (Å²) in [6.45, 7) is 0.199. The maximum absolute atomic E-state index is 12.6. The van der Waals surface area contributed by atoms with Crippen LogP contribution >= 0.6 is 0 Å². The van der Waals surface area contributed by atoms with Crippen molar-refractivity contribution in [3.63, 3.8) is 0 Å². The molecule has 5 heteroatoms. The molecule has 0 saturated heterocycles. The predicted octanol–water partition coefficient (Wildman–Crippen LogP) is 2.15. The van der Waals surface area contributed by atoms with E-state index in [4.69, 9.17) is 5.26 Å². The van der Waals surface area contributed by atoms with E-state index in [1.165, 1.54) is 0 Å². The van der Waals surface area contributed by atoms with Gasteiger partial charge in [0.05, 0.1) is 18.6 Å². The standard InChI is InChI=1S/C18H14N2O3/c19-8-7-12(21)10-20-11-5-6-15-16(9-11)18(23)14-4-2-1-3-13(14)17(15)22/h1-6,9,12,20-21H,7,10H2. The van der Waals surface area contributed by atoms with Gasteiger partial charge in [-0.25, -0.2) is 0 Å². The molecule has 1 atom stereocenters. The van der Waals surface area contributed by atoms with Crippen molar-refractivity contribution >= 4 is 17.3 Å². The van der Waals surface area contributed by atoms with Gasteiger partial charge >= 0.3 is 0 Å². The monoisotopic (exact) mass is 306 g/mol. The first-order chi connectivity index (χ1) is 11.1. The zero-order valence-corrected chi connectivity index (χ0v) is 12.2. The van der Waals surface area contributed by atoms with Crippen LogP contribution in [0.5, 0.6) is 0 Å². The van der Waals surface area contributed by atoms with Gasteiger partial charge in [-0.2, -0.15) is 5.26 Å². The van der Waals surface area contributed by atoms with E-state index in [0.717, 1.165) is 0 Å². The van der Waals surface area contributed by atoms with Crippen LogP contribution in [0, 0.1) is 11.3 Å². The lowest BCUT2D eigenvalue weighted by Gasteiger charge is -2.18. The van der Waals surface area contributed by atoms with Gasteiger partial charge < -0.3 is 10.4 Å². The zero-order valence-electron chi connectivity index (χ0n) is 12.2. The summed E-state index contributed by atoms with van der Waals surface area (Å²) in [6, 6.07) is 13.6. The van der Waals surface area contributed by atoms with Crippen LogP contribution in [0.3, 0.4) is 0 Å². The summed E-state index contributed by atoms with van der Waals surface area (Å²) in [7, 11) is 0. The van der Waals surface area contributed by atoms with Crippen LogP contribution in [0.1, 0.15) is 38.3 Å². The minimum Gasteiger partial charge on any atom is -0.390 e. The van der Waals surface area contributed by atoms with Gasteiger partial charge in [-0.1, -0.05) is 24.3 Å². The Bertz CT molecular complexity index is 836. The van der Waals surface area contributed by atoms with E-state index in [2.05, 4.69) is 5.32 Å². The van der Waals surface area contributed by atoms with Gasteiger partial charge in [0.15, 0.2) is 11.6 Å². The number of nitrogens with zero attached hydrogens (tertiary/aromatic N) is 1. The van der Waals surface area contributed by atoms with E-state index in [1.807, 2.05) is 6.07 Å². The maximum atomic E-state index is 12.6. The van der Waals surface area contributed by atoms with Gasteiger partial charge in [0.1, 0.15) is 0 Å². The molecule has 0 saturated carbocycles. The number of hydrogen-bond acceptors (Lipinski definition) is 5. The topological polar surface area (TPSA) is 90.2 Å². The molecule has 0 spiro atoms. The zero-order chi connectivity index (χ0) is 16.4. The Morgan fingerprint density at radius 3 is 2.26 bits per heavy atom. The number of fused-ring (bicyclic) bond motifs is 2. The van der Waals surface area contributed by atoms with Crippen molar-refractivity contribution in [3.8, 4) is 6.07 Å². The highest BCUT2D eigenvalue weighted by atomic mass is 16.3. The average Bonchev–Trinajstić information content (AvgIpc) is 2.58. The van der Waals surface area contributed by atoms with Crippen LogP contribution in [0.4, 0.5) is 5.69 Å². The summed E-state index contributed by atoms with van der Waals surface area (Å²) in [4.78, 5) is 25.0. The van der Waals surface area contributed by atoms with Gasteiger partial charge in [-0.3, -0.25) is 9.59 Å². The van der Waals surface area contributed by atoms with Crippen molar-refractivity contribution in [1.29, 1.82) is 5.26 Å². The molecule has 1 aliphatic carbocycles. The highest BCUT2D eigenvalue weighted by Gasteiger charge is 2.29. The first kappa shape index (κ1) is 14.9. The van der Waals surface area contributed by atoms with E-state index in [-0.39, 0.29) is 24.5 Å². The molecular weight excluding hydrogens is 292 g/mol. The van der Waals surface area contributed by atoms with Crippen molar-refractivity contribution in [3.05, 3.63) is 64.7 Å². The first-order valence-corrected chi connectivity index (χ1v) is 7.23. The third-order valence-corrected chi connectivity index (χ3v) is 3.79. The Labute approximate surface area is 133 Å². The fourth-order valence-electron chi connectivity index (χ4n) is 2.62. The third kappa shape index (κ3) is 2.72. The molecule has 2 aromatic rings. The summed E-state index contributed by atoms with van der Waals surface area (Å²) in [6.07, 6.45) is -0.753. The second-order valence-electron chi connectivity index (χ2n) is 5.36. The lowest BCUT2D eigenvalue weighted by Crippen LogP contribution is -2.22. The van der Waals surface area contributed by atoms with Gasteiger partial charge in [-0.15, -0.1) is 0 Å². The SMILES string of the molecule is N#CCC(O)CNc1ccc2c(c1)C(=O)c1ccccc1C2=O. The molecule has 3 rings (SSSR count). The number of nitrogens with one attached hydrogen (secondary N) is 1. The molecule has 5 nitrogen and oxygen atoms in total. The minimum absolute atomic E-state index is 0.0305. The summed E-state index contributed by atoms with van der Waals surface area (Å²) in [5, 5.41) is 21.1. The van der Waals surface area contributed by atoms with Crippen LogP contribution in [-0.4, -0.2) is 29.3 Å². The van der Waals surface area contributed by atoms with Gasteiger partial charge in [0.2, 0.25) is 0 Å². The first-order valence-electron chi connectivity index (χ1n) is 7.23. The number of carbonyl (C=O) groups excluding carboxylic acids is 2. The third-order valence-electron chi connectivity index (χ3n) is 3.79. The maximum Gasteiger partial charge on any atom is 0.194 e. The number of aliphatic hydroxyl groups is 1. The number of aliphatic hydroxyl groups excluding tert-OH is 1. The Hall–Kier alpha value is -2.97. The number of anilines is 1. The minimum atomic E-state index is -0.783. The molecule has 0 bridgehead atoms. The molecule has 0 radical (unpaired) electrons. The highest BCUT2D eigenvalue weighted by Crippen LogP contribution is 2.29. The number of ketones is 2. The molecule has 23 heavy (non-hydrogen) atoms.